The number of quaternary nitrogens is 1. The van der Waals surface area contributed by atoms with Gasteiger partial charge in [0.25, 0.3) is 5.91 Å². The molecular formula is C45H81N2O5+. The van der Waals surface area contributed by atoms with Crippen molar-refractivity contribution in [3.63, 3.8) is 0 Å². The molecule has 0 heterocycles. The van der Waals surface area contributed by atoms with Gasteiger partial charge in [0.05, 0.1) is 47.2 Å². The molecule has 0 saturated heterocycles. The zero-order valence-electron chi connectivity index (χ0n) is 34.5. The van der Waals surface area contributed by atoms with Crippen LogP contribution in [-0.4, -0.2) is 69.3 Å². The van der Waals surface area contributed by atoms with Crippen LogP contribution in [0.15, 0.2) is 48.6 Å². The van der Waals surface area contributed by atoms with Crippen molar-refractivity contribution in [2.75, 3.05) is 40.9 Å². The normalized spacial score (nSPS) is 12.8. The molecule has 0 aliphatic rings. The number of carbonyl (C=O) groups excluding carboxylic acids is 3. The van der Waals surface area contributed by atoms with E-state index < -0.39 is 6.04 Å². The third-order valence-corrected chi connectivity index (χ3v) is 8.78. The van der Waals surface area contributed by atoms with E-state index in [0.717, 1.165) is 64.2 Å². The highest BCUT2D eigenvalue weighted by Crippen LogP contribution is 2.11. The van der Waals surface area contributed by atoms with Crippen molar-refractivity contribution in [2.45, 2.75) is 180 Å². The SMILES string of the molecule is CCCC/C=C\C/C=C\CCCCCCCCOC(=O)CC(CC(=O)OCCCCCCCC/C=C\C/C=C\CCCCC)NC(=O)C[N+](C)(C)C. The van der Waals surface area contributed by atoms with Gasteiger partial charge in [-0.05, 0) is 70.6 Å². The molecule has 1 atom stereocenters. The van der Waals surface area contributed by atoms with Crippen molar-refractivity contribution >= 4 is 17.8 Å². The van der Waals surface area contributed by atoms with Crippen LogP contribution in [-0.2, 0) is 23.9 Å². The molecule has 0 spiro atoms. The molecule has 1 amide bonds. The zero-order valence-corrected chi connectivity index (χ0v) is 34.5. The summed E-state index contributed by atoms with van der Waals surface area (Å²) in [5, 5.41) is 2.88. The van der Waals surface area contributed by atoms with Crippen molar-refractivity contribution in [3.05, 3.63) is 48.6 Å². The quantitative estimate of drug-likeness (QED) is 0.0300. The number of amides is 1. The lowest BCUT2D eigenvalue weighted by molar-refractivity contribution is -0.862. The number of hydrogen-bond donors (Lipinski definition) is 1. The molecule has 0 radical (unpaired) electrons. The van der Waals surface area contributed by atoms with Crippen LogP contribution < -0.4 is 5.32 Å². The third-order valence-electron chi connectivity index (χ3n) is 8.78. The summed E-state index contributed by atoms with van der Waals surface area (Å²) < 4.78 is 11.4. The molecule has 0 aliphatic heterocycles. The van der Waals surface area contributed by atoms with Gasteiger partial charge >= 0.3 is 11.9 Å². The molecule has 7 nitrogen and oxygen atoms in total. The van der Waals surface area contributed by atoms with Gasteiger partial charge in [0.2, 0.25) is 0 Å². The molecule has 0 aromatic rings. The highest BCUT2D eigenvalue weighted by molar-refractivity contribution is 5.80. The number of nitrogens with one attached hydrogen (secondary N) is 1. The molecule has 0 aliphatic carbocycles. The van der Waals surface area contributed by atoms with Gasteiger partial charge in [-0.1, -0.05) is 140 Å². The predicted molar refractivity (Wildman–Crippen MR) is 220 cm³/mol. The van der Waals surface area contributed by atoms with Crippen LogP contribution in [0.4, 0.5) is 0 Å². The molecule has 0 bridgehead atoms. The fraction of sp³-hybridized carbons (Fsp3) is 0.756. The van der Waals surface area contributed by atoms with E-state index in [1.54, 1.807) is 0 Å². The van der Waals surface area contributed by atoms with Gasteiger partial charge in [0.15, 0.2) is 6.54 Å². The van der Waals surface area contributed by atoms with Crippen molar-refractivity contribution in [2.24, 2.45) is 0 Å². The summed E-state index contributed by atoms with van der Waals surface area (Å²) >= 11 is 0. The van der Waals surface area contributed by atoms with Gasteiger partial charge in [-0.25, -0.2) is 0 Å². The standard InChI is InChI=1S/C45H80N2O5/c1-6-8-10-12-14-16-18-20-22-24-26-28-30-32-34-36-38-52-45(50)40-42(46-43(48)41-47(3,4)5)39-44(49)51-37-35-33-31-29-27-25-23-21-19-17-15-13-11-9-7-2/h13-16,19-22,42H,6-12,17-18,23-41H2,1-5H3/p+1/b15-13-,16-14-,21-19-,22-20-. The van der Waals surface area contributed by atoms with E-state index >= 15 is 0 Å². The van der Waals surface area contributed by atoms with Crippen LogP contribution in [0.1, 0.15) is 174 Å². The fourth-order valence-electron chi connectivity index (χ4n) is 5.76. The molecule has 1 unspecified atom stereocenters. The van der Waals surface area contributed by atoms with Crippen LogP contribution >= 0.6 is 0 Å². The Labute approximate surface area is 320 Å². The molecule has 0 saturated carbocycles. The zero-order chi connectivity index (χ0) is 38.4. The monoisotopic (exact) mass is 730 g/mol. The van der Waals surface area contributed by atoms with Crippen molar-refractivity contribution < 1.29 is 28.3 Å². The summed E-state index contributed by atoms with van der Waals surface area (Å²) in [6.45, 7) is 5.44. The molecular weight excluding hydrogens is 649 g/mol. The average Bonchev–Trinajstić information content (AvgIpc) is 3.08. The first-order chi connectivity index (χ1) is 25.2. The minimum absolute atomic E-state index is 0.0367. The minimum atomic E-state index is -0.638. The first-order valence-electron chi connectivity index (χ1n) is 21.2. The second kappa shape index (κ2) is 36.7. The number of esters is 2. The highest BCUT2D eigenvalue weighted by atomic mass is 16.5. The lowest BCUT2D eigenvalue weighted by Crippen LogP contribution is -2.48. The van der Waals surface area contributed by atoms with Crippen molar-refractivity contribution in [1.82, 2.24) is 5.32 Å². The van der Waals surface area contributed by atoms with E-state index in [1.807, 2.05) is 21.1 Å². The summed E-state index contributed by atoms with van der Waals surface area (Å²) in [5.41, 5.74) is 0. The number of ether oxygens (including phenoxy) is 2. The fourth-order valence-corrected chi connectivity index (χ4v) is 5.76. The van der Waals surface area contributed by atoms with E-state index in [9.17, 15) is 14.4 Å². The average molecular weight is 730 g/mol. The number of nitrogens with zero attached hydrogens (tertiary/aromatic N) is 1. The molecule has 0 fully saturated rings. The Kier molecular flexibility index (Phi) is 34.8. The van der Waals surface area contributed by atoms with Crippen molar-refractivity contribution in [3.8, 4) is 0 Å². The van der Waals surface area contributed by atoms with E-state index in [2.05, 4.69) is 67.8 Å². The number of carbonyl (C=O) groups is 3. The van der Waals surface area contributed by atoms with E-state index in [-0.39, 0.29) is 37.2 Å². The minimum Gasteiger partial charge on any atom is -0.466 e. The Morgan fingerprint density at radius 1 is 0.500 bits per heavy atom. The molecule has 52 heavy (non-hydrogen) atoms. The van der Waals surface area contributed by atoms with Crippen LogP contribution in [0.5, 0.6) is 0 Å². The summed E-state index contributed by atoms with van der Waals surface area (Å²) in [6.07, 6.45) is 44.5. The predicted octanol–water partition coefficient (Wildman–Crippen LogP) is 11.3. The van der Waals surface area contributed by atoms with Gasteiger partial charge < -0.3 is 19.3 Å². The summed E-state index contributed by atoms with van der Waals surface area (Å²) in [7, 11) is 5.78. The maximum Gasteiger partial charge on any atom is 0.307 e. The van der Waals surface area contributed by atoms with Crippen LogP contribution in [0, 0.1) is 0 Å². The maximum absolute atomic E-state index is 12.6. The largest absolute Gasteiger partial charge is 0.466 e. The Bertz CT molecular complexity index is 979. The Hall–Kier alpha value is -2.67. The summed E-state index contributed by atoms with van der Waals surface area (Å²) in [4.78, 5) is 37.9. The summed E-state index contributed by atoms with van der Waals surface area (Å²) in [5.74, 6) is -0.973. The van der Waals surface area contributed by atoms with E-state index in [4.69, 9.17) is 9.47 Å². The molecule has 300 valence electrons. The second-order valence-electron chi connectivity index (χ2n) is 15.4. The number of unbranched alkanes of at least 4 members (excludes halogenated alkanes) is 17. The highest BCUT2D eigenvalue weighted by Gasteiger charge is 2.24. The van der Waals surface area contributed by atoms with Gasteiger partial charge in [-0.15, -0.1) is 0 Å². The molecule has 0 aromatic heterocycles. The number of allylic oxidation sites excluding steroid dienone is 8. The number of hydrogen-bond acceptors (Lipinski definition) is 5. The van der Waals surface area contributed by atoms with E-state index in [1.165, 1.54) is 83.5 Å². The van der Waals surface area contributed by atoms with Crippen LogP contribution in [0.3, 0.4) is 0 Å². The van der Waals surface area contributed by atoms with Crippen LogP contribution in [0.2, 0.25) is 0 Å². The van der Waals surface area contributed by atoms with Gasteiger partial charge in [-0.2, -0.15) is 0 Å². The molecule has 1 N–H and O–H groups in total. The maximum atomic E-state index is 12.6. The number of likely N-dealkylation sites (N-methyl/N-ethyl adjacent to an activating group) is 1. The molecule has 0 aromatic carbocycles. The van der Waals surface area contributed by atoms with Gasteiger partial charge in [0.1, 0.15) is 0 Å². The Morgan fingerprint density at radius 3 is 1.27 bits per heavy atom. The van der Waals surface area contributed by atoms with Crippen molar-refractivity contribution in [1.29, 1.82) is 0 Å². The number of rotatable bonds is 36. The third kappa shape index (κ3) is 38.6. The van der Waals surface area contributed by atoms with Gasteiger partial charge in [0, 0.05) is 6.04 Å². The Morgan fingerprint density at radius 2 is 0.865 bits per heavy atom. The lowest BCUT2D eigenvalue weighted by atomic mass is 10.1. The van der Waals surface area contributed by atoms with E-state index in [0.29, 0.717) is 17.7 Å². The Balaban J connectivity index is 4.15. The smallest absolute Gasteiger partial charge is 0.307 e. The lowest BCUT2D eigenvalue weighted by Gasteiger charge is -2.25. The first kappa shape index (κ1) is 49.3. The topological polar surface area (TPSA) is 81.7 Å². The molecule has 0 rings (SSSR count). The van der Waals surface area contributed by atoms with Gasteiger partial charge in [-0.3, -0.25) is 14.4 Å². The summed E-state index contributed by atoms with van der Waals surface area (Å²) in [6, 6.07) is -0.638. The first-order valence-corrected chi connectivity index (χ1v) is 21.2. The molecule has 7 heteroatoms. The second-order valence-corrected chi connectivity index (χ2v) is 15.4. The van der Waals surface area contributed by atoms with Crippen LogP contribution in [0.25, 0.3) is 0 Å².